The summed E-state index contributed by atoms with van der Waals surface area (Å²) >= 11 is 0. The molecule has 6 saturated carbocycles. The summed E-state index contributed by atoms with van der Waals surface area (Å²) in [6, 6.07) is 0. The molecule has 0 aromatic carbocycles. The van der Waals surface area contributed by atoms with Crippen LogP contribution in [0.3, 0.4) is 0 Å². The minimum absolute atomic E-state index is 0.0639. The van der Waals surface area contributed by atoms with Crippen LogP contribution in [0.1, 0.15) is 83.5 Å². The van der Waals surface area contributed by atoms with Gasteiger partial charge >= 0.3 is 5.97 Å². The van der Waals surface area contributed by atoms with Crippen LogP contribution in [0.2, 0.25) is 0 Å². The molecule has 0 aliphatic heterocycles. The molecule has 9 atom stereocenters. The van der Waals surface area contributed by atoms with Gasteiger partial charge in [-0.25, -0.2) is 0 Å². The number of hydrogen-bond donors (Lipinski definition) is 1. The molecule has 6 aliphatic rings. The van der Waals surface area contributed by atoms with Crippen molar-refractivity contribution in [3.63, 3.8) is 0 Å². The van der Waals surface area contributed by atoms with Crippen LogP contribution in [0.25, 0.3) is 0 Å². The van der Waals surface area contributed by atoms with Crippen LogP contribution in [0.4, 0.5) is 0 Å². The SMILES string of the molecule is COC(=O)C12CCCC3CC1CC(C14CC5CC(C(N)=O)CC(C1)C(C5)C4)(C3)C2. The number of nitrogens with two attached hydrogens (primary N) is 1. The summed E-state index contributed by atoms with van der Waals surface area (Å²) in [6.07, 6.45) is 15.9. The fraction of sp³-hybridized carbons (Fsp3) is 0.920. The number of esters is 1. The van der Waals surface area contributed by atoms with E-state index in [0.29, 0.717) is 28.6 Å². The lowest BCUT2D eigenvalue weighted by Crippen LogP contribution is -2.46. The number of primary amides is 1. The van der Waals surface area contributed by atoms with Gasteiger partial charge in [0.2, 0.25) is 5.91 Å². The van der Waals surface area contributed by atoms with E-state index in [1.165, 1.54) is 57.8 Å². The zero-order chi connectivity index (χ0) is 20.0. The highest BCUT2D eigenvalue weighted by Crippen LogP contribution is 2.77. The molecule has 0 heterocycles. The molecule has 6 bridgehead atoms. The van der Waals surface area contributed by atoms with Gasteiger partial charge in [-0.15, -0.1) is 0 Å². The molecule has 0 saturated heterocycles. The molecule has 6 fully saturated rings. The van der Waals surface area contributed by atoms with E-state index in [0.717, 1.165) is 37.5 Å². The van der Waals surface area contributed by atoms with Crippen molar-refractivity contribution in [1.29, 1.82) is 0 Å². The first-order chi connectivity index (χ1) is 13.9. The fourth-order valence-electron chi connectivity index (χ4n) is 10.5. The topological polar surface area (TPSA) is 69.4 Å². The zero-order valence-electron chi connectivity index (χ0n) is 18.0. The van der Waals surface area contributed by atoms with Gasteiger partial charge in [-0.1, -0.05) is 12.8 Å². The van der Waals surface area contributed by atoms with Gasteiger partial charge in [0.05, 0.1) is 12.5 Å². The number of ether oxygens (including phenoxy) is 1. The molecule has 29 heavy (non-hydrogen) atoms. The fourth-order valence-corrected chi connectivity index (χ4v) is 10.5. The van der Waals surface area contributed by atoms with Crippen molar-refractivity contribution >= 4 is 11.9 Å². The molecule has 0 aromatic heterocycles. The normalized spacial score (nSPS) is 54.8. The molecule has 0 radical (unpaired) electrons. The lowest BCUT2D eigenvalue weighted by Gasteiger charge is -2.55. The second kappa shape index (κ2) is 6.01. The summed E-state index contributed by atoms with van der Waals surface area (Å²) in [4.78, 5) is 25.2. The van der Waals surface area contributed by atoms with Crippen molar-refractivity contribution in [1.82, 2.24) is 0 Å². The van der Waals surface area contributed by atoms with E-state index in [9.17, 15) is 9.59 Å². The van der Waals surface area contributed by atoms with Crippen LogP contribution in [0.15, 0.2) is 0 Å². The van der Waals surface area contributed by atoms with E-state index < -0.39 is 0 Å². The average molecular weight is 400 g/mol. The van der Waals surface area contributed by atoms with Crippen molar-refractivity contribution in [2.45, 2.75) is 83.5 Å². The van der Waals surface area contributed by atoms with E-state index in [2.05, 4.69) is 0 Å². The number of methoxy groups -OCH3 is 1. The number of fused-ring (bicyclic) bond motifs is 5. The summed E-state index contributed by atoms with van der Waals surface area (Å²) in [7, 11) is 1.60. The highest BCUT2D eigenvalue weighted by molar-refractivity contribution is 5.78. The largest absolute Gasteiger partial charge is 0.469 e. The molecule has 2 N–H and O–H groups in total. The van der Waals surface area contributed by atoms with E-state index in [1.807, 2.05) is 0 Å². The third-order valence-electron chi connectivity index (χ3n) is 11.2. The van der Waals surface area contributed by atoms with Gasteiger partial charge in [-0.2, -0.15) is 0 Å². The zero-order valence-corrected chi connectivity index (χ0v) is 18.0. The van der Waals surface area contributed by atoms with Gasteiger partial charge in [-0.05, 0) is 111 Å². The van der Waals surface area contributed by atoms with Crippen molar-refractivity contribution in [2.75, 3.05) is 7.11 Å². The lowest BCUT2D eigenvalue weighted by molar-refractivity contribution is -0.156. The second-order valence-corrected chi connectivity index (χ2v) is 12.3. The van der Waals surface area contributed by atoms with Gasteiger partial charge in [0.25, 0.3) is 0 Å². The first-order valence-corrected chi connectivity index (χ1v) is 12.3. The molecule has 0 aromatic rings. The van der Waals surface area contributed by atoms with Crippen molar-refractivity contribution in [3.05, 3.63) is 0 Å². The maximum absolute atomic E-state index is 13.2. The molecule has 6 aliphatic carbocycles. The molecular formula is C25H37NO3. The Morgan fingerprint density at radius 1 is 0.897 bits per heavy atom. The average Bonchev–Trinajstić information content (AvgIpc) is 2.97. The summed E-state index contributed by atoms with van der Waals surface area (Å²) in [5.74, 6) is 3.65. The number of hydrogen-bond acceptors (Lipinski definition) is 3. The van der Waals surface area contributed by atoms with E-state index in [1.54, 1.807) is 7.11 Å². The summed E-state index contributed by atoms with van der Waals surface area (Å²) in [6.45, 7) is 0. The van der Waals surface area contributed by atoms with Crippen molar-refractivity contribution in [2.24, 2.45) is 57.5 Å². The molecule has 4 nitrogen and oxygen atoms in total. The smallest absolute Gasteiger partial charge is 0.312 e. The third kappa shape index (κ3) is 2.38. The molecule has 1 amide bonds. The molecule has 9 unspecified atom stereocenters. The second-order valence-electron chi connectivity index (χ2n) is 12.3. The number of carbonyl (C=O) groups is 2. The number of amides is 1. The van der Waals surface area contributed by atoms with Gasteiger partial charge < -0.3 is 10.5 Å². The Labute approximate surface area is 174 Å². The molecule has 0 spiro atoms. The predicted octanol–water partition coefficient (Wildman–Crippen LogP) is 4.45. The van der Waals surface area contributed by atoms with Gasteiger partial charge in [0.15, 0.2) is 0 Å². The van der Waals surface area contributed by atoms with Gasteiger partial charge in [0.1, 0.15) is 0 Å². The van der Waals surface area contributed by atoms with Gasteiger partial charge in [-0.3, -0.25) is 9.59 Å². The highest BCUT2D eigenvalue weighted by atomic mass is 16.5. The van der Waals surface area contributed by atoms with Crippen molar-refractivity contribution < 1.29 is 14.3 Å². The summed E-state index contributed by atoms with van der Waals surface area (Å²) in [5.41, 5.74) is 6.33. The summed E-state index contributed by atoms with van der Waals surface area (Å²) < 4.78 is 5.45. The number of carbonyl (C=O) groups excluding carboxylic acids is 2. The third-order valence-corrected chi connectivity index (χ3v) is 11.2. The summed E-state index contributed by atoms with van der Waals surface area (Å²) in [5, 5.41) is 0. The van der Waals surface area contributed by atoms with Crippen molar-refractivity contribution in [3.8, 4) is 0 Å². The van der Waals surface area contributed by atoms with Crippen LogP contribution in [0.5, 0.6) is 0 Å². The van der Waals surface area contributed by atoms with Crippen LogP contribution < -0.4 is 5.73 Å². The van der Waals surface area contributed by atoms with Gasteiger partial charge in [0, 0.05) is 5.92 Å². The minimum Gasteiger partial charge on any atom is -0.469 e. The first kappa shape index (κ1) is 18.7. The quantitative estimate of drug-likeness (QED) is 0.713. The van der Waals surface area contributed by atoms with Crippen LogP contribution >= 0.6 is 0 Å². The Morgan fingerprint density at radius 3 is 2.41 bits per heavy atom. The molecular weight excluding hydrogens is 362 g/mol. The maximum atomic E-state index is 13.2. The Morgan fingerprint density at radius 2 is 1.66 bits per heavy atom. The standard InChI is InChI=1S/C25H37NO3/c1-29-22(28)25-4-2-3-15-7-20(25)13-24(9-15,14-25)23-10-16-5-17(21(26)27)8-19(12-23)18(6-16)11-23/h15-20H,2-14H2,1H3,(H2,26,27). The Kier molecular flexibility index (Phi) is 3.87. The van der Waals surface area contributed by atoms with E-state index >= 15 is 0 Å². The lowest BCUT2D eigenvalue weighted by atomic mass is 9.50. The molecule has 4 heteroatoms. The van der Waals surface area contributed by atoms with Crippen LogP contribution in [-0.4, -0.2) is 19.0 Å². The van der Waals surface area contributed by atoms with Crippen LogP contribution in [-0.2, 0) is 14.3 Å². The predicted molar refractivity (Wildman–Crippen MR) is 109 cm³/mol. The Bertz CT molecular complexity index is 746. The van der Waals surface area contributed by atoms with E-state index in [-0.39, 0.29) is 23.2 Å². The maximum Gasteiger partial charge on any atom is 0.312 e. The minimum atomic E-state index is -0.199. The highest BCUT2D eigenvalue weighted by Gasteiger charge is 2.71. The van der Waals surface area contributed by atoms with Crippen LogP contribution in [0, 0.1) is 51.8 Å². The number of rotatable bonds is 3. The molecule has 160 valence electrons. The van der Waals surface area contributed by atoms with E-state index in [4.69, 9.17) is 10.5 Å². The molecule has 6 rings (SSSR count). The Balaban J connectivity index is 1.39. The monoisotopic (exact) mass is 399 g/mol. The Hall–Kier alpha value is -1.06. The first-order valence-electron chi connectivity index (χ1n) is 12.3.